The average molecular weight is 398 g/mol. The van der Waals surface area contributed by atoms with Crippen molar-refractivity contribution in [2.75, 3.05) is 12.0 Å². The maximum absolute atomic E-state index is 11.8. The van der Waals surface area contributed by atoms with Crippen molar-refractivity contribution in [1.82, 2.24) is 5.32 Å². The summed E-state index contributed by atoms with van der Waals surface area (Å²) < 4.78 is 0. The van der Waals surface area contributed by atoms with Gasteiger partial charge in [0.05, 0.1) is 0 Å². The van der Waals surface area contributed by atoms with Crippen LogP contribution in [0.15, 0.2) is 24.3 Å². The maximum Gasteiger partial charge on any atom is 0.327 e. The van der Waals surface area contributed by atoms with E-state index in [9.17, 15) is 9.59 Å². The van der Waals surface area contributed by atoms with Gasteiger partial charge in [0, 0.05) is 12.2 Å². The number of carbonyl (C=O) groups excluding carboxylic acids is 1. The highest BCUT2D eigenvalue weighted by molar-refractivity contribution is 7.98. The third-order valence-electron chi connectivity index (χ3n) is 4.33. The standard InChI is InChI=1S/C22H39NO3S/c1-3-4-5-6-7-8-9-10-11-12-13-14-15-16-17-18-21(24)23-20(19-27-2)22(25)26/h4-5,7-8,20H,3,6,9-19H2,1-2H3,(H,23,24)(H,25,26)/b5-4-,8-7-/t20-/m0/s1. The minimum atomic E-state index is -0.957. The average Bonchev–Trinajstić information content (AvgIpc) is 2.64. The summed E-state index contributed by atoms with van der Waals surface area (Å²) in [5, 5.41) is 11.6. The Kier molecular flexibility index (Phi) is 18.6. The number of allylic oxidation sites excluding steroid dienone is 4. The molecule has 2 N–H and O–H groups in total. The molecule has 0 spiro atoms. The number of carboxylic acid groups (broad SMARTS) is 1. The molecule has 5 heteroatoms. The van der Waals surface area contributed by atoms with Crippen LogP contribution < -0.4 is 5.32 Å². The van der Waals surface area contributed by atoms with E-state index < -0.39 is 12.0 Å². The van der Waals surface area contributed by atoms with Crippen LogP contribution in [0, 0.1) is 0 Å². The van der Waals surface area contributed by atoms with Crippen molar-refractivity contribution in [1.29, 1.82) is 0 Å². The third kappa shape index (κ3) is 17.9. The van der Waals surface area contributed by atoms with Crippen molar-refractivity contribution in [3.8, 4) is 0 Å². The molecule has 156 valence electrons. The summed E-state index contributed by atoms with van der Waals surface area (Å²) in [6, 6.07) is -0.768. The molecule has 0 aromatic rings. The summed E-state index contributed by atoms with van der Waals surface area (Å²) >= 11 is 1.43. The van der Waals surface area contributed by atoms with E-state index >= 15 is 0 Å². The number of amides is 1. The van der Waals surface area contributed by atoms with E-state index in [0.717, 1.165) is 32.1 Å². The Balaban J connectivity index is 3.43. The van der Waals surface area contributed by atoms with E-state index in [1.54, 1.807) is 0 Å². The van der Waals surface area contributed by atoms with Crippen LogP contribution in [0.3, 0.4) is 0 Å². The summed E-state index contributed by atoms with van der Waals surface area (Å²) in [6.45, 7) is 2.15. The minimum Gasteiger partial charge on any atom is -0.480 e. The zero-order valence-electron chi connectivity index (χ0n) is 17.3. The van der Waals surface area contributed by atoms with E-state index in [1.807, 2.05) is 6.26 Å². The van der Waals surface area contributed by atoms with Crippen molar-refractivity contribution in [2.45, 2.75) is 90.0 Å². The molecule has 0 saturated carbocycles. The molecule has 0 unspecified atom stereocenters. The third-order valence-corrected chi connectivity index (χ3v) is 5.00. The molecule has 0 bridgehead atoms. The van der Waals surface area contributed by atoms with Gasteiger partial charge in [0.1, 0.15) is 6.04 Å². The van der Waals surface area contributed by atoms with Crippen LogP contribution in [0.5, 0.6) is 0 Å². The number of rotatable bonds is 18. The SMILES string of the molecule is CC/C=C\C/C=C\CCCCCCCCCCC(=O)N[C@@H](CSC)C(=O)O. The molecule has 0 aliphatic carbocycles. The first-order valence-electron chi connectivity index (χ1n) is 10.4. The smallest absolute Gasteiger partial charge is 0.327 e. The topological polar surface area (TPSA) is 66.4 Å². The molecule has 27 heavy (non-hydrogen) atoms. The Labute approximate surface area is 170 Å². The molecule has 0 radical (unpaired) electrons. The molecule has 0 heterocycles. The van der Waals surface area contributed by atoms with Gasteiger partial charge in [-0.2, -0.15) is 11.8 Å². The molecule has 0 aromatic heterocycles. The fraction of sp³-hybridized carbons (Fsp3) is 0.727. The molecule has 4 nitrogen and oxygen atoms in total. The zero-order valence-corrected chi connectivity index (χ0v) is 18.1. The molecular formula is C22H39NO3S. The van der Waals surface area contributed by atoms with Gasteiger partial charge in [-0.05, 0) is 38.4 Å². The molecule has 0 fully saturated rings. The van der Waals surface area contributed by atoms with Crippen LogP contribution in [0.1, 0.15) is 84.0 Å². The number of aliphatic carboxylic acids is 1. The zero-order chi connectivity index (χ0) is 20.2. The van der Waals surface area contributed by atoms with Crippen LogP contribution in [-0.2, 0) is 9.59 Å². The van der Waals surface area contributed by atoms with E-state index in [1.165, 1.54) is 50.3 Å². The molecule has 0 saturated heterocycles. The van der Waals surface area contributed by atoms with E-state index in [0.29, 0.717) is 12.2 Å². The monoisotopic (exact) mass is 397 g/mol. The summed E-state index contributed by atoms with van der Waals surface area (Å²) in [7, 11) is 0. The van der Waals surface area contributed by atoms with Gasteiger partial charge in [-0.1, -0.05) is 69.8 Å². The second kappa shape index (κ2) is 19.5. The predicted molar refractivity (Wildman–Crippen MR) is 117 cm³/mol. The highest BCUT2D eigenvalue weighted by Gasteiger charge is 2.18. The van der Waals surface area contributed by atoms with Crippen molar-refractivity contribution in [3.05, 3.63) is 24.3 Å². The second-order valence-electron chi connectivity index (χ2n) is 6.87. The number of nitrogens with one attached hydrogen (secondary N) is 1. The summed E-state index contributed by atoms with van der Waals surface area (Å²) in [6.07, 6.45) is 24.0. The van der Waals surface area contributed by atoms with E-state index in [2.05, 4.69) is 36.5 Å². The van der Waals surface area contributed by atoms with E-state index in [4.69, 9.17) is 5.11 Å². The lowest BCUT2D eigenvalue weighted by Crippen LogP contribution is -2.42. The number of thioether (sulfide) groups is 1. The lowest BCUT2D eigenvalue weighted by Gasteiger charge is -2.13. The normalized spacial score (nSPS) is 12.7. The highest BCUT2D eigenvalue weighted by Crippen LogP contribution is 2.11. The largest absolute Gasteiger partial charge is 0.480 e. The van der Waals surface area contributed by atoms with Crippen molar-refractivity contribution in [3.63, 3.8) is 0 Å². The van der Waals surface area contributed by atoms with Crippen LogP contribution in [0.25, 0.3) is 0 Å². The molecule has 0 aliphatic rings. The molecule has 0 rings (SSSR count). The summed E-state index contributed by atoms with van der Waals surface area (Å²) in [4.78, 5) is 22.8. The molecule has 0 aromatic carbocycles. The number of hydrogen-bond acceptors (Lipinski definition) is 3. The highest BCUT2D eigenvalue weighted by atomic mass is 32.2. The lowest BCUT2D eigenvalue weighted by atomic mass is 10.1. The van der Waals surface area contributed by atoms with Crippen molar-refractivity contribution >= 4 is 23.6 Å². The summed E-state index contributed by atoms with van der Waals surface area (Å²) in [5.41, 5.74) is 0. The Morgan fingerprint density at radius 1 is 0.926 bits per heavy atom. The quantitative estimate of drug-likeness (QED) is 0.229. The van der Waals surface area contributed by atoms with Crippen LogP contribution >= 0.6 is 11.8 Å². The van der Waals surface area contributed by atoms with Gasteiger partial charge in [0.25, 0.3) is 0 Å². The van der Waals surface area contributed by atoms with Crippen molar-refractivity contribution < 1.29 is 14.7 Å². The van der Waals surface area contributed by atoms with Crippen LogP contribution in [-0.4, -0.2) is 35.0 Å². The van der Waals surface area contributed by atoms with Gasteiger partial charge in [0.15, 0.2) is 0 Å². The fourth-order valence-electron chi connectivity index (χ4n) is 2.77. The Morgan fingerprint density at radius 3 is 2.11 bits per heavy atom. The van der Waals surface area contributed by atoms with Gasteiger partial charge in [-0.15, -0.1) is 0 Å². The first-order chi connectivity index (χ1) is 13.1. The minimum absolute atomic E-state index is 0.144. The Morgan fingerprint density at radius 2 is 1.52 bits per heavy atom. The molecule has 1 atom stereocenters. The van der Waals surface area contributed by atoms with Gasteiger partial charge in [0.2, 0.25) is 5.91 Å². The number of unbranched alkanes of at least 4 members (excludes halogenated alkanes) is 8. The maximum atomic E-state index is 11.8. The van der Waals surface area contributed by atoms with Gasteiger partial charge >= 0.3 is 5.97 Å². The van der Waals surface area contributed by atoms with Gasteiger partial charge < -0.3 is 10.4 Å². The van der Waals surface area contributed by atoms with E-state index in [-0.39, 0.29) is 5.91 Å². The first-order valence-corrected chi connectivity index (χ1v) is 11.8. The molecule has 0 aliphatic heterocycles. The first kappa shape index (κ1) is 25.8. The Hall–Kier alpha value is -1.23. The molecular weight excluding hydrogens is 358 g/mol. The van der Waals surface area contributed by atoms with Gasteiger partial charge in [-0.25, -0.2) is 4.79 Å². The predicted octanol–water partition coefficient (Wildman–Crippen LogP) is 5.73. The van der Waals surface area contributed by atoms with Crippen molar-refractivity contribution in [2.24, 2.45) is 0 Å². The summed E-state index contributed by atoms with van der Waals surface area (Å²) in [5.74, 6) is -0.691. The van der Waals surface area contributed by atoms with Crippen LogP contribution in [0.2, 0.25) is 0 Å². The fourth-order valence-corrected chi connectivity index (χ4v) is 3.33. The number of carboxylic acids is 1. The lowest BCUT2D eigenvalue weighted by molar-refractivity contribution is -0.141. The second-order valence-corrected chi connectivity index (χ2v) is 7.78. The van der Waals surface area contributed by atoms with Gasteiger partial charge in [-0.3, -0.25) is 4.79 Å². The number of hydrogen-bond donors (Lipinski definition) is 2. The number of carbonyl (C=O) groups is 2. The Bertz CT molecular complexity index is 435. The molecule has 1 amide bonds. The van der Waals surface area contributed by atoms with Crippen LogP contribution in [0.4, 0.5) is 0 Å².